The van der Waals surface area contributed by atoms with Crippen molar-refractivity contribution < 1.29 is 28.2 Å². The average molecular weight is 405 g/mol. The Morgan fingerprint density at radius 2 is 1.22 bits per heavy atom. The van der Waals surface area contributed by atoms with E-state index >= 15 is 0 Å². The number of ether oxygens (including phenoxy) is 3. The van der Waals surface area contributed by atoms with Crippen LogP contribution in [-0.4, -0.2) is 53.8 Å². The van der Waals surface area contributed by atoms with Crippen LogP contribution in [-0.2, 0) is 28.2 Å². The van der Waals surface area contributed by atoms with E-state index in [9.17, 15) is 9.59 Å². The lowest BCUT2D eigenvalue weighted by Crippen LogP contribution is -2.41. The van der Waals surface area contributed by atoms with Gasteiger partial charge in [0, 0.05) is 39.6 Å². The van der Waals surface area contributed by atoms with Crippen LogP contribution in [0.15, 0.2) is 0 Å². The van der Waals surface area contributed by atoms with Crippen molar-refractivity contribution in [2.75, 3.05) is 33.5 Å². The van der Waals surface area contributed by atoms with E-state index in [1.807, 2.05) is 0 Å². The number of carbonyl (C=O) groups excluding carboxylic acids is 2. The highest BCUT2D eigenvalue weighted by Gasteiger charge is 2.36. The zero-order valence-electron chi connectivity index (χ0n) is 18.2. The van der Waals surface area contributed by atoms with E-state index in [0.29, 0.717) is 52.1 Å². The lowest BCUT2D eigenvalue weighted by atomic mass is 10.2. The Kier molecular flexibility index (Phi) is 13.6. The van der Waals surface area contributed by atoms with Crippen molar-refractivity contribution in [3.63, 3.8) is 0 Å². The molecule has 0 bridgehead atoms. The molecule has 7 heteroatoms. The summed E-state index contributed by atoms with van der Waals surface area (Å²) in [6, 6.07) is 0. The summed E-state index contributed by atoms with van der Waals surface area (Å²) >= 11 is 0. The van der Waals surface area contributed by atoms with Gasteiger partial charge in [-0.25, -0.2) is 0 Å². The van der Waals surface area contributed by atoms with Crippen LogP contribution in [0.5, 0.6) is 0 Å². The molecule has 0 aliphatic carbocycles. The molecule has 0 unspecified atom stereocenters. The summed E-state index contributed by atoms with van der Waals surface area (Å²) in [4.78, 5) is 23.2. The van der Waals surface area contributed by atoms with Crippen LogP contribution in [0.4, 0.5) is 0 Å². The SMILES string of the molecule is COCCCCC(=O)OCCCCC(=O)OCCCO[Si](C)(C)C(C)(C)C. The Morgan fingerprint density at radius 1 is 0.741 bits per heavy atom. The third kappa shape index (κ3) is 13.8. The Labute approximate surface area is 166 Å². The van der Waals surface area contributed by atoms with Gasteiger partial charge in [0.2, 0.25) is 0 Å². The minimum Gasteiger partial charge on any atom is -0.466 e. The highest BCUT2D eigenvalue weighted by Crippen LogP contribution is 2.36. The van der Waals surface area contributed by atoms with Gasteiger partial charge in [0.1, 0.15) is 0 Å². The van der Waals surface area contributed by atoms with Crippen LogP contribution in [0.25, 0.3) is 0 Å². The Hall–Kier alpha value is -0.923. The van der Waals surface area contributed by atoms with E-state index in [-0.39, 0.29) is 17.0 Å². The first-order chi connectivity index (χ1) is 12.6. The quantitative estimate of drug-likeness (QED) is 0.228. The zero-order chi connectivity index (χ0) is 20.8. The fourth-order valence-electron chi connectivity index (χ4n) is 2.01. The van der Waals surface area contributed by atoms with Gasteiger partial charge >= 0.3 is 11.9 Å². The predicted molar refractivity (Wildman–Crippen MR) is 109 cm³/mol. The Morgan fingerprint density at radius 3 is 1.70 bits per heavy atom. The minimum atomic E-state index is -1.72. The van der Waals surface area contributed by atoms with Crippen molar-refractivity contribution in [3.05, 3.63) is 0 Å². The lowest BCUT2D eigenvalue weighted by molar-refractivity contribution is -0.144. The van der Waals surface area contributed by atoms with E-state index in [1.165, 1.54) is 0 Å². The molecule has 160 valence electrons. The largest absolute Gasteiger partial charge is 0.466 e. The van der Waals surface area contributed by atoms with Crippen molar-refractivity contribution >= 4 is 20.3 Å². The van der Waals surface area contributed by atoms with E-state index in [1.54, 1.807) is 7.11 Å². The van der Waals surface area contributed by atoms with Crippen molar-refractivity contribution in [1.82, 2.24) is 0 Å². The maximum Gasteiger partial charge on any atom is 0.305 e. The number of esters is 2. The van der Waals surface area contributed by atoms with Crippen LogP contribution in [0.3, 0.4) is 0 Å². The lowest BCUT2D eigenvalue weighted by Gasteiger charge is -2.36. The molecule has 0 aliphatic rings. The maximum atomic E-state index is 11.7. The van der Waals surface area contributed by atoms with E-state index in [0.717, 1.165) is 19.3 Å². The first-order valence-corrected chi connectivity index (χ1v) is 12.9. The van der Waals surface area contributed by atoms with Gasteiger partial charge in [-0.3, -0.25) is 9.59 Å². The van der Waals surface area contributed by atoms with Gasteiger partial charge in [-0.2, -0.15) is 0 Å². The highest BCUT2D eigenvalue weighted by molar-refractivity contribution is 6.74. The van der Waals surface area contributed by atoms with Gasteiger partial charge in [0.15, 0.2) is 8.32 Å². The van der Waals surface area contributed by atoms with Crippen LogP contribution < -0.4 is 0 Å². The molecule has 0 saturated carbocycles. The smallest absolute Gasteiger partial charge is 0.305 e. The summed E-state index contributed by atoms with van der Waals surface area (Å²) in [5, 5.41) is 0.192. The molecule has 6 nitrogen and oxygen atoms in total. The van der Waals surface area contributed by atoms with Gasteiger partial charge < -0.3 is 18.6 Å². The Balaban J connectivity index is 3.56. The summed E-state index contributed by atoms with van der Waals surface area (Å²) in [6.07, 6.45) is 4.47. The molecule has 0 atom stereocenters. The molecule has 0 fully saturated rings. The topological polar surface area (TPSA) is 71.1 Å². The predicted octanol–water partition coefficient (Wildman–Crippen LogP) is 4.47. The zero-order valence-corrected chi connectivity index (χ0v) is 19.2. The standard InChI is InChI=1S/C20H40O6Si/c1-20(2,3)27(5,6)26-17-11-16-25-19(22)13-8-10-15-24-18(21)12-7-9-14-23-4/h7-17H2,1-6H3. The van der Waals surface area contributed by atoms with Crippen LogP contribution in [0.2, 0.25) is 18.1 Å². The molecule has 0 aliphatic heterocycles. The van der Waals surface area contributed by atoms with Crippen molar-refractivity contribution in [1.29, 1.82) is 0 Å². The number of carbonyl (C=O) groups is 2. The number of unbranched alkanes of at least 4 members (excludes halogenated alkanes) is 2. The average Bonchev–Trinajstić information content (AvgIpc) is 2.57. The first kappa shape index (κ1) is 26.1. The third-order valence-electron chi connectivity index (χ3n) is 4.84. The van der Waals surface area contributed by atoms with Crippen molar-refractivity contribution in [3.8, 4) is 0 Å². The second kappa shape index (κ2) is 14.1. The molecule has 0 aromatic carbocycles. The van der Waals surface area contributed by atoms with Crippen LogP contribution in [0.1, 0.15) is 65.7 Å². The Bertz CT molecular complexity index is 417. The molecular weight excluding hydrogens is 364 g/mol. The van der Waals surface area contributed by atoms with E-state index in [4.69, 9.17) is 18.6 Å². The summed E-state index contributed by atoms with van der Waals surface area (Å²) in [7, 11) is -0.0774. The summed E-state index contributed by atoms with van der Waals surface area (Å²) < 4.78 is 21.3. The second-order valence-electron chi connectivity index (χ2n) is 8.31. The van der Waals surface area contributed by atoms with Crippen LogP contribution in [0, 0.1) is 0 Å². The van der Waals surface area contributed by atoms with Gasteiger partial charge in [0.25, 0.3) is 0 Å². The van der Waals surface area contributed by atoms with Gasteiger partial charge in [-0.15, -0.1) is 0 Å². The maximum absolute atomic E-state index is 11.7. The highest BCUT2D eigenvalue weighted by atomic mass is 28.4. The summed E-state index contributed by atoms with van der Waals surface area (Å²) in [5.74, 6) is -0.386. The van der Waals surface area contributed by atoms with E-state index in [2.05, 4.69) is 33.9 Å². The van der Waals surface area contributed by atoms with Crippen molar-refractivity contribution in [2.45, 2.75) is 83.8 Å². The number of hydrogen-bond donors (Lipinski definition) is 0. The number of rotatable bonds is 15. The van der Waals surface area contributed by atoms with Gasteiger partial charge in [-0.1, -0.05) is 20.8 Å². The molecule has 0 spiro atoms. The number of methoxy groups -OCH3 is 1. The molecule has 0 saturated heterocycles. The summed E-state index contributed by atoms with van der Waals surface area (Å²) in [5.41, 5.74) is 0. The van der Waals surface area contributed by atoms with Gasteiger partial charge in [0.05, 0.1) is 13.2 Å². The molecule has 0 rings (SSSR count). The third-order valence-corrected chi connectivity index (χ3v) is 9.38. The van der Waals surface area contributed by atoms with E-state index < -0.39 is 8.32 Å². The molecule has 0 amide bonds. The summed E-state index contributed by atoms with van der Waals surface area (Å²) in [6.45, 7) is 13.1. The second-order valence-corrected chi connectivity index (χ2v) is 13.1. The van der Waals surface area contributed by atoms with Gasteiger partial charge in [-0.05, 0) is 43.8 Å². The molecule has 27 heavy (non-hydrogen) atoms. The molecule has 0 heterocycles. The molecule has 0 aromatic heterocycles. The molecule has 0 N–H and O–H groups in total. The van der Waals surface area contributed by atoms with Crippen LogP contribution >= 0.6 is 0 Å². The molecule has 0 aromatic rings. The fourth-order valence-corrected chi connectivity index (χ4v) is 3.09. The molecular formula is C20H40O6Si. The fraction of sp³-hybridized carbons (Fsp3) is 0.900. The van der Waals surface area contributed by atoms with Crippen molar-refractivity contribution in [2.24, 2.45) is 0 Å². The molecule has 0 radical (unpaired) electrons. The monoisotopic (exact) mass is 404 g/mol. The minimum absolute atomic E-state index is 0.185. The number of hydrogen-bond acceptors (Lipinski definition) is 6. The first-order valence-electron chi connectivity index (χ1n) is 10.0. The normalized spacial score (nSPS) is 12.1.